The van der Waals surface area contributed by atoms with Crippen LogP contribution in [0.5, 0.6) is 0 Å². The minimum atomic E-state index is -1.53. The number of rotatable bonds is 70. The van der Waals surface area contributed by atoms with Crippen molar-refractivity contribution < 1.29 is 42.9 Å². The highest BCUT2D eigenvalue weighted by molar-refractivity contribution is 5.71. The lowest BCUT2D eigenvalue weighted by Gasteiger charge is -2.25. The van der Waals surface area contributed by atoms with E-state index in [0.29, 0.717) is 23.9 Å². The first-order valence-electron chi connectivity index (χ1n) is 38.5. The molecule has 9 heteroatoms. The van der Waals surface area contributed by atoms with E-state index in [0.717, 1.165) is 122 Å². The minimum absolute atomic E-state index is 0.177. The molecular weight excluding hydrogens is 1160 g/mol. The molecule has 0 aromatic carbocycles. The van der Waals surface area contributed by atoms with E-state index in [2.05, 4.69) is 160 Å². The number of hydrogen-bond acceptors (Lipinski definition) is 7. The second-order valence-corrected chi connectivity index (χ2v) is 26.6. The van der Waals surface area contributed by atoms with Crippen molar-refractivity contribution >= 4 is 17.9 Å². The molecule has 0 saturated carbocycles. The van der Waals surface area contributed by atoms with Gasteiger partial charge in [-0.2, -0.15) is 0 Å². The van der Waals surface area contributed by atoms with E-state index in [1.165, 1.54) is 161 Å². The molecule has 0 heterocycles. The Bertz CT molecular complexity index is 2060. The van der Waals surface area contributed by atoms with Crippen LogP contribution in [0.25, 0.3) is 0 Å². The fourth-order valence-electron chi connectivity index (χ4n) is 10.5. The maximum atomic E-state index is 13.0. The Morgan fingerprint density at radius 3 is 0.904 bits per heavy atom. The van der Waals surface area contributed by atoms with Crippen LogP contribution in [0, 0.1) is 0 Å². The summed E-state index contributed by atoms with van der Waals surface area (Å²) in [6.07, 6.45) is 106. The van der Waals surface area contributed by atoms with Gasteiger partial charge in [-0.25, -0.2) is 4.79 Å². The SMILES string of the molecule is CC/C=C\C/C=C\C/C=C\C/C=C\C/C=C\C/C=C\C/C=C\C/C=C\C/C=C\C/C=C\C/C=C\C/C=C\CCCCCCC(=O)OC(COC(=O)CCCCCCCCCCCCCCCCCCCCCCCCCCCCCC)COC(OCC[N+](C)(C)C)C(=O)O. The number of carbonyl (C=O) groups excluding carboxylic acids is 2. The topological polar surface area (TPSA) is 108 Å². The van der Waals surface area contributed by atoms with Crippen molar-refractivity contribution in [3.05, 3.63) is 146 Å². The van der Waals surface area contributed by atoms with Crippen molar-refractivity contribution in [2.75, 3.05) is 47.5 Å². The first-order chi connectivity index (χ1) is 46.1. The summed E-state index contributed by atoms with van der Waals surface area (Å²) in [5.74, 6) is -2.04. The van der Waals surface area contributed by atoms with Crippen molar-refractivity contribution in [1.82, 2.24) is 0 Å². The Balaban J connectivity index is 4.17. The van der Waals surface area contributed by atoms with E-state index >= 15 is 0 Å². The molecule has 0 amide bonds. The molecule has 0 aliphatic carbocycles. The van der Waals surface area contributed by atoms with Crippen molar-refractivity contribution in [2.24, 2.45) is 0 Å². The number of ether oxygens (including phenoxy) is 4. The summed E-state index contributed by atoms with van der Waals surface area (Å²) in [6, 6.07) is 0. The highest BCUT2D eigenvalue weighted by Gasteiger charge is 2.25. The normalized spacial score (nSPS) is 13.5. The Morgan fingerprint density at radius 1 is 0.330 bits per heavy atom. The van der Waals surface area contributed by atoms with Crippen molar-refractivity contribution in [2.45, 2.75) is 328 Å². The van der Waals surface area contributed by atoms with Gasteiger partial charge in [-0.1, -0.05) is 346 Å². The molecular formula is C85H144NO8+. The lowest BCUT2D eigenvalue weighted by Crippen LogP contribution is -2.40. The van der Waals surface area contributed by atoms with Gasteiger partial charge in [-0.05, 0) is 103 Å². The number of unbranched alkanes of at least 4 members (excludes halogenated alkanes) is 31. The first-order valence-corrected chi connectivity index (χ1v) is 38.5. The molecule has 0 rings (SSSR count). The highest BCUT2D eigenvalue weighted by atomic mass is 16.7. The molecule has 0 aromatic heterocycles. The number of allylic oxidation sites excluding steroid dienone is 24. The Morgan fingerprint density at radius 2 is 0.606 bits per heavy atom. The van der Waals surface area contributed by atoms with Crippen LogP contribution in [-0.4, -0.2) is 87.4 Å². The van der Waals surface area contributed by atoms with Gasteiger partial charge in [0.05, 0.1) is 34.4 Å². The molecule has 1 N–H and O–H groups in total. The predicted molar refractivity (Wildman–Crippen MR) is 405 cm³/mol. The molecule has 0 fully saturated rings. The van der Waals surface area contributed by atoms with Gasteiger partial charge in [0, 0.05) is 12.8 Å². The summed E-state index contributed by atoms with van der Waals surface area (Å²) in [7, 11) is 5.97. The van der Waals surface area contributed by atoms with E-state index in [1.807, 2.05) is 21.1 Å². The van der Waals surface area contributed by atoms with Gasteiger partial charge in [-0.3, -0.25) is 9.59 Å². The van der Waals surface area contributed by atoms with Gasteiger partial charge in [-0.15, -0.1) is 0 Å². The monoisotopic (exact) mass is 1310 g/mol. The molecule has 9 nitrogen and oxygen atoms in total. The van der Waals surface area contributed by atoms with Gasteiger partial charge >= 0.3 is 17.9 Å². The average Bonchev–Trinajstić information content (AvgIpc) is 3.42. The zero-order chi connectivity index (χ0) is 68.2. The van der Waals surface area contributed by atoms with Gasteiger partial charge in [0.25, 0.3) is 6.29 Å². The molecule has 0 spiro atoms. The minimum Gasteiger partial charge on any atom is -0.477 e. The number of hydrogen-bond donors (Lipinski definition) is 1. The summed E-state index contributed by atoms with van der Waals surface area (Å²) < 4.78 is 23.0. The second-order valence-electron chi connectivity index (χ2n) is 26.6. The Hall–Kier alpha value is -4.83. The summed E-state index contributed by atoms with van der Waals surface area (Å²) >= 11 is 0. The number of carboxylic acids is 1. The van der Waals surface area contributed by atoms with E-state index in [-0.39, 0.29) is 32.2 Å². The Labute approximate surface area is 579 Å². The zero-order valence-electron chi connectivity index (χ0n) is 61.3. The van der Waals surface area contributed by atoms with E-state index in [4.69, 9.17) is 18.9 Å². The molecule has 0 saturated heterocycles. The first kappa shape index (κ1) is 89.2. The van der Waals surface area contributed by atoms with E-state index < -0.39 is 24.3 Å². The third kappa shape index (κ3) is 74.6. The number of aliphatic carboxylic acids is 1. The van der Waals surface area contributed by atoms with Crippen LogP contribution in [-0.2, 0) is 33.3 Å². The van der Waals surface area contributed by atoms with Gasteiger partial charge < -0.3 is 28.5 Å². The summed E-state index contributed by atoms with van der Waals surface area (Å²) in [5.41, 5.74) is 0. The standard InChI is InChI=1S/C85H143NO8/c1-6-8-10-12-14-16-18-20-22-24-26-28-30-32-34-36-37-38-39-40-41-42-43-44-45-46-47-48-50-52-54-56-58-60-62-64-66-68-70-72-74-76-83(88)94-81(80-93-85(84(89)90)91-78-77-86(3,4)5)79-92-82(87)75-73-71-69-67-65-63-61-59-57-55-53-51-49-35-33-31-29-27-25-23-21-19-17-15-13-11-9-7-2/h8,10,14,16,20,22,26,28,32,34,37-38,40-41,43-44,46-47,50,52,56,58,62,64,81,85H,6-7,9,11-13,15,17-19,21,23-25,27,29-31,33,35-36,39,42,45,48-49,51,53-55,57,59-61,63,65-80H2,1-5H3/p+1/b10-8-,16-14-,22-20-,28-26-,34-32-,38-37-,41-40-,44-43-,47-46-,52-50-,58-56-,64-62-. The van der Waals surface area contributed by atoms with Gasteiger partial charge in [0.1, 0.15) is 13.2 Å². The van der Waals surface area contributed by atoms with E-state index in [1.54, 1.807) is 0 Å². The molecule has 536 valence electrons. The third-order valence-corrected chi connectivity index (χ3v) is 16.4. The molecule has 0 aliphatic heterocycles. The second kappa shape index (κ2) is 74.0. The molecule has 0 aliphatic rings. The largest absolute Gasteiger partial charge is 0.477 e. The van der Waals surface area contributed by atoms with Crippen molar-refractivity contribution in [1.29, 1.82) is 0 Å². The van der Waals surface area contributed by atoms with Crippen LogP contribution >= 0.6 is 0 Å². The zero-order valence-corrected chi connectivity index (χ0v) is 61.3. The number of carboxylic acid groups (broad SMARTS) is 1. The van der Waals surface area contributed by atoms with Crippen LogP contribution in [0.3, 0.4) is 0 Å². The lowest BCUT2D eigenvalue weighted by molar-refractivity contribution is -0.870. The smallest absolute Gasteiger partial charge is 0.361 e. The van der Waals surface area contributed by atoms with Crippen LogP contribution in [0.15, 0.2) is 146 Å². The molecule has 2 atom stereocenters. The van der Waals surface area contributed by atoms with E-state index in [9.17, 15) is 19.5 Å². The molecule has 0 bridgehead atoms. The quantitative estimate of drug-likeness (QED) is 0.0211. The molecule has 0 aromatic rings. The number of nitrogens with zero attached hydrogens (tertiary/aromatic N) is 1. The number of carbonyl (C=O) groups is 3. The highest BCUT2D eigenvalue weighted by Crippen LogP contribution is 2.18. The third-order valence-electron chi connectivity index (χ3n) is 16.4. The summed E-state index contributed by atoms with van der Waals surface area (Å²) in [4.78, 5) is 37.7. The van der Waals surface area contributed by atoms with Crippen LogP contribution in [0.1, 0.15) is 316 Å². The summed E-state index contributed by atoms with van der Waals surface area (Å²) in [5, 5.41) is 9.76. The molecule has 0 radical (unpaired) electrons. The maximum absolute atomic E-state index is 13.0. The number of esters is 2. The van der Waals surface area contributed by atoms with Gasteiger partial charge in [0.2, 0.25) is 0 Å². The Kier molecular flexibility index (Phi) is 70.2. The van der Waals surface area contributed by atoms with Crippen LogP contribution in [0.2, 0.25) is 0 Å². The van der Waals surface area contributed by atoms with Crippen LogP contribution < -0.4 is 0 Å². The predicted octanol–water partition coefficient (Wildman–Crippen LogP) is 24.6. The number of likely N-dealkylation sites (N-methyl/N-ethyl adjacent to an activating group) is 1. The fraction of sp³-hybridized carbons (Fsp3) is 0.682. The fourth-order valence-corrected chi connectivity index (χ4v) is 10.5. The summed E-state index contributed by atoms with van der Waals surface area (Å²) in [6.45, 7) is 4.76. The number of quaternary nitrogens is 1. The average molecular weight is 1310 g/mol. The molecule has 94 heavy (non-hydrogen) atoms. The molecule has 2 unspecified atom stereocenters. The lowest BCUT2D eigenvalue weighted by atomic mass is 10.0. The van der Waals surface area contributed by atoms with Crippen molar-refractivity contribution in [3.8, 4) is 0 Å². The van der Waals surface area contributed by atoms with Gasteiger partial charge in [0.15, 0.2) is 6.10 Å². The van der Waals surface area contributed by atoms with Crippen molar-refractivity contribution in [3.63, 3.8) is 0 Å². The van der Waals surface area contributed by atoms with Crippen LogP contribution in [0.4, 0.5) is 0 Å². The maximum Gasteiger partial charge on any atom is 0.361 e.